The second-order valence-electron chi connectivity index (χ2n) is 3.63. The van der Waals surface area contributed by atoms with Gasteiger partial charge in [-0.2, -0.15) is 16.7 Å². The summed E-state index contributed by atoms with van der Waals surface area (Å²) in [5.41, 5.74) is 0.834. The van der Waals surface area contributed by atoms with E-state index in [1.54, 1.807) is 18.0 Å². The number of nitrogens with one attached hydrogen (secondary N) is 2. The molecule has 0 radical (unpaired) electrons. The zero-order valence-electron chi connectivity index (χ0n) is 10.1. The number of carbonyl (C=O) groups is 1. The van der Waals surface area contributed by atoms with Crippen molar-refractivity contribution >= 4 is 17.7 Å². The van der Waals surface area contributed by atoms with Gasteiger partial charge in [0, 0.05) is 11.9 Å². The largest absolute Gasteiger partial charge is 0.340 e. The molecule has 0 aliphatic carbocycles. The van der Waals surface area contributed by atoms with Crippen molar-refractivity contribution in [3.63, 3.8) is 0 Å². The van der Waals surface area contributed by atoms with E-state index in [4.69, 9.17) is 4.52 Å². The minimum absolute atomic E-state index is 0.194. The van der Waals surface area contributed by atoms with Crippen LogP contribution in [0.4, 0.5) is 0 Å². The van der Waals surface area contributed by atoms with Crippen molar-refractivity contribution in [3.8, 4) is 0 Å². The van der Waals surface area contributed by atoms with E-state index in [1.807, 2.05) is 13.2 Å². The van der Waals surface area contributed by atoms with Crippen LogP contribution in [0, 0.1) is 6.92 Å². The van der Waals surface area contributed by atoms with Gasteiger partial charge >= 0.3 is 0 Å². The Labute approximate surface area is 108 Å². The van der Waals surface area contributed by atoms with Crippen LogP contribution in [0.2, 0.25) is 0 Å². The zero-order valence-corrected chi connectivity index (χ0v) is 10.9. The van der Waals surface area contributed by atoms with Gasteiger partial charge in [0.1, 0.15) is 0 Å². The quantitative estimate of drug-likeness (QED) is 0.835. The van der Waals surface area contributed by atoms with Gasteiger partial charge in [0.05, 0.1) is 12.3 Å². The Morgan fingerprint density at radius 1 is 1.61 bits per heavy atom. The Kier molecular flexibility index (Phi) is 3.98. The number of aryl methyl sites for hydroxylation is 1. The molecule has 96 valence electrons. The van der Waals surface area contributed by atoms with Gasteiger partial charge in [0.15, 0.2) is 11.6 Å². The molecule has 1 amide bonds. The fourth-order valence-electron chi connectivity index (χ4n) is 1.32. The van der Waals surface area contributed by atoms with Gasteiger partial charge in [-0.1, -0.05) is 5.16 Å². The molecule has 0 fully saturated rings. The lowest BCUT2D eigenvalue weighted by atomic mass is 10.5. The summed E-state index contributed by atoms with van der Waals surface area (Å²) in [4.78, 5) is 22.6. The summed E-state index contributed by atoms with van der Waals surface area (Å²) in [7, 11) is 0. The predicted octanol–water partition coefficient (Wildman–Crippen LogP) is 0.894. The summed E-state index contributed by atoms with van der Waals surface area (Å²) in [5.74, 6) is 1.68. The van der Waals surface area contributed by atoms with E-state index in [9.17, 15) is 4.79 Å². The van der Waals surface area contributed by atoms with E-state index >= 15 is 0 Å². The van der Waals surface area contributed by atoms with Crippen molar-refractivity contribution in [1.29, 1.82) is 0 Å². The number of carbonyl (C=O) groups excluding carboxylic acids is 1. The Morgan fingerprint density at radius 3 is 3.11 bits per heavy atom. The number of aromatic amines is 1. The highest BCUT2D eigenvalue weighted by Crippen LogP contribution is 2.05. The molecule has 2 heterocycles. The molecular weight excluding hydrogens is 254 g/mol. The molecule has 0 saturated heterocycles. The van der Waals surface area contributed by atoms with Gasteiger partial charge in [-0.25, -0.2) is 4.98 Å². The first kappa shape index (κ1) is 12.6. The van der Waals surface area contributed by atoms with Gasteiger partial charge in [0.25, 0.3) is 5.91 Å². The highest BCUT2D eigenvalue weighted by Gasteiger charge is 2.11. The predicted molar refractivity (Wildman–Crippen MR) is 66.0 cm³/mol. The molecule has 0 spiro atoms. The summed E-state index contributed by atoms with van der Waals surface area (Å²) in [6.45, 7) is 2.02. The molecule has 0 atom stereocenters. The Morgan fingerprint density at radius 2 is 2.44 bits per heavy atom. The SMILES string of the molecule is CSCc1noc(CNC(=O)c2ncc(C)[nH]2)n1. The fourth-order valence-corrected chi connectivity index (χ4v) is 1.69. The van der Waals surface area contributed by atoms with Crippen molar-refractivity contribution in [3.05, 3.63) is 29.4 Å². The lowest BCUT2D eigenvalue weighted by Crippen LogP contribution is -2.24. The highest BCUT2D eigenvalue weighted by molar-refractivity contribution is 7.97. The van der Waals surface area contributed by atoms with E-state index in [0.717, 1.165) is 5.69 Å². The van der Waals surface area contributed by atoms with Gasteiger partial charge in [0.2, 0.25) is 5.89 Å². The maximum Gasteiger partial charge on any atom is 0.287 e. The average Bonchev–Trinajstić information content (AvgIpc) is 2.96. The number of hydrogen-bond acceptors (Lipinski definition) is 6. The Balaban J connectivity index is 1.88. The molecule has 0 unspecified atom stereocenters. The summed E-state index contributed by atoms with van der Waals surface area (Å²) >= 11 is 1.60. The molecule has 7 nitrogen and oxygen atoms in total. The van der Waals surface area contributed by atoms with Crippen LogP contribution in [0.3, 0.4) is 0 Å². The highest BCUT2D eigenvalue weighted by atomic mass is 32.2. The van der Waals surface area contributed by atoms with Crippen LogP contribution in [-0.4, -0.2) is 32.3 Å². The zero-order chi connectivity index (χ0) is 13.0. The molecular formula is C10H13N5O2S. The maximum absolute atomic E-state index is 11.7. The fraction of sp³-hybridized carbons (Fsp3) is 0.400. The van der Waals surface area contributed by atoms with Gasteiger partial charge in [-0.3, -0.25) is 4.79 Å². The van der Waals surface area contributed by atoms with Gasteiger partial charge in [-0.05, 0) is 13.2 Å². The van der Waals surface area contributed by atoms with E-state index < -0.39 is 0 Å². The molecule has 0 aromatic carbocycles. The third-order valence-corrected chi connectivity index (χ3v) is 2.65. The molecule has 2 rings (SSSR count). The number of rotatable bonds is 5. The first-order valence-electron chi connectivity index (χ1n) is 5.29. The van der Waals surface area contributed by atoms with Crippen molar-refractivity contribution in [2.75, 3.05) is 6.26 Å². The molecule has 18 heavy (non-hydrogen) atoms. The second-order valence-corrected chi connectivity index (χ2v) is 4.50. The van der Waals surface area contributed by atoms with Crippen LogP contribution >= 0.6 is 11.8 Å². The molecule has 0 aliphatic rings. The lowest BCUT2D eigenvalue weighted by molar-refractivity contribution is 0.0936. The van der Waals surface area contributed by atoms with Crippen LogP contribution in [-0.2, 0) is 12.3 Å². The van der Waals surface area contributed by atoms with Crippen molar-refractivity contribution in [2.45, 2.75) is 19.2 Å². The van der Waals surface area contributed by atoms with E-state index in [-0.39, 0.29) is 18.3 Å². The van der Waals surface area contributed by atoms with E-state index in [0.29, 0.717) is 17.5 Å². The van der Waals surface area contributed by atoms with Crippen LogP contribution in [0.25, 0.3) is 0 Å². The average molecular weight is 267 g/mol. The number of thioether (sulfide) groups is 1. The van der Waals surface area contributed by atoms with Crippen LogP contribution in [0.1, 0.15) is 28.0 Å². The Hall–Kier alpha value is -1.83. The smallest absolute Gasteiger partial charge is 0.287 e. The first-order valence-corrected chi connectivity index (χ1v) is 6.68. The van der Waals surface area contributed by atoms with Crippen molar-refractivity contribution in [2.24, 2.45) is 0 Å². The molecule has 2 aromatic heterocycles. The van der Waals surface area contributed by atoms with Gasteiger partial charge in [-0.15, -0.1) is 0 Å². The van der Waals surface area contributed by atoms with Gasteiger partial charge < -0.3 is 14.8 Å². The second kappa shape index (κ2) is 5.67. The van der Waals surface area contributed by atoms with E-state index in [1.165, 1.54) is 0 Å². The third-order valence-electron chi connectivity index (χ3n) is 2.10. The molecule has 0 bridgehead atoms. The molecule has 8 heteroatoms. The topological polar surface area (TPSA) is 96.7 Å². The normalized spacial score (nSPS) is 10.6. The lowest BCUT2D eigenvalue weighted by Gasteiger charge is -1.98. The number of aromatic nitrogens is 4. The monoisotopic (exact) mass is 267 g/mol. The van der Waals surface area contributed by atoms with Crippen molar-refractivity contribution < 1.29 is 9.32 Å². The molecule has 0 aliphatic heterocycles. The van der Waals surface area contributed by atoms with Crippen LogP contribution in [0.15, 0.2) is 10.7 Å². The number of H-pyrrole nitrogens is 1. The maximum atomic E-state index is 11.7. The summed E-state index contributed by atoms with van der Waals surface area (Å²) < 4.78 is 4.99. The summed E-state index contributed by atoms with van der Waals surface area (Å²) in [5, 5.41) is 6.43. The number of amides is 1. The summed E-state index contributed by atoms with van der Waals surface area (Å²) in [6, 6.07) is 0. The standard InChI is InChI=1S/C10H13N5O2S/c1-6-3-11-9(13-6)10(16)12-4-8-14-7(5-18-2)15-17-8/h3H,4-5H2,1-2H3,(H,11,13)(H,12,16). The number of nitrogens with zero attached hydrogens (tertiary/aromatic N) is 3. The number of imidazole rings is 1. The minimum atomic E-state index is -0.298. The third kappa shape index (κ3) is 3.10. The first-order chi connectivity index (χ1) is 8.69. The summed E-state index contributed by atoms with van der Waals surface area (Å²) in [6.07, 6.45) is 3.55. The molecule has 2 N–H and O–H groups in total. The Bertz CT molecular complexity index is 536. The van der Waals surface area contributed by atoms with E-state index in [2.05, 4.69) is 25.4 Å². The molecule has 0 saturated carbocycles. The van der Waals surface area contributed by atoms with Crippen LogP contribution in [0.5, 0.6) is 0 Å². The van der Waals surface area contributed by atoms with Crippen LogP contribution < -0.4 is 5.32 Å². The minimum Gasteiger partial charge on any atom is -0.340 e. The van der Waals surface area contributed by atoms with Crippen molar-refractivity contribution in [1.82, 2.24) is 25.4 Å². The molecule has 2 aromatic rings. The number of hydrogen-bond donors (Lipinski definition) is 2.